The summed E-state index contributed by atoms with van der Waals surface area (Å²) in [5, 5.41) is 0. The molecule has 0 radical (unpaired) electrons. The van der Waals surface area contributed by atoms with E-state index in [0.29, 0.717) is 23.9 Å². The molecule has 2 heterocycles. The van der Waals surface area contributed by atoms with Crippen molar-refractivity contribution in [3.8, 4) is 0 Å². The van der Waals surface area contributed by atoms with Crippen molar-refractivity contribution in [3.63, 3.8) is 0 Å². The standard InChI is InChI=1S/C14H24N2O/c1-15-9-3-7-12(15)13-8-4-10-16(13)14(17)11-5-2-6-11/h11-13H,2-10H2,1H3/t12-,13+/m0/s1. The van der Waals surface area contributed by atoms with E-state index in [-0.39, 0.29) is 0 Å². The number of hydrogen-bond donors (Lipinski definition) is 0. The molecule has 0 aromatic rings. The van der Waals surface area contributed by atoms with Gasteiger partial charge in [0.1, 0.15) is 0 Å². The van der Waals surface area contributed by atoms with E-state index in [1.165, 1.54) is 38.6 Å². The normalized spacial score (nSPS) is 35.2. The molecular weight excluding hydrogens is 212 g/mol. The highest BCUT2D eigenvalue weighted by Gasteiger charge is 2.41. The molecule has 2 aliphatic heterocycles. The predicted molar refractivity (Wildman–Crippen MR) is 67.7 cm³/mol. The van der Waals surface area contributed by atoms with Crippen LogP contribution in [0.5, 0.6) is 0 Å². The van der Waals surface area contributed by atoms with E-state index in [1.807, 2.05) is 0 Å². The van der Waals surface area contributed by atoms with Crippen LogP contribution in [0.25, 0.3) is 0 Å². The summed E-state index contributed by atoms with van der Waals surface area (Å²) in [5.74, 6) is 0.848. The second-order valence-corrected chi connectivity index (χ2v) is 6.06. The van der Waals surface area contributed by atoms with E-state index in [2.05, 4.69) is 16.8 Å². The first-order chi connectivity index (χ1) is 8.27. The van der Waals surface area contributed by atoms with Gasteiger partial charge in [-0.2, -0.15) is 0 Å². The van der Waals surface area contributed by atoms with Crippen LogP contribution in [0, 0.1) is 5.92 Å². The van der Waals surface area contributed by atoms with Gasteiger partial charge in [-0.1, -0.05) is 6.42 Å². The fraction of sp³-hybridized carbons (Fsp3) is 0.929. The molecule has 1 amide bonds. The molecule has 0 aromatic heterocycles. The van der Waals surface area contributed by atoms with Crippen LogP contribution in [-0.4, -0.2) is 47.9 Å². The van der Waals surface area contributed by atoms with Gasteiger partial charge in [0.15, 0.2) is 0 Å². The van der Waals surface area contributed by atoms with E-state index in [0.717, 1.165) is 19.4 Å². The van der Waals surface area contributed by atoms with E-state index in [4.69, 9.17) is 0 Å². The van der Waals surface area contributed by atoms with Crippen LogP contribution >= 0.6 is 0 Å². The zero-order valence-electron chi connectivity index (χ0n) is 10.9. The summed E-state index contributed by atoms with van der Waals surface area (Å²) in [6, 6.07) is 1.16. The molecule has 0 spiro atoms. The fourth-order valence-corrected chi connectivity index (χ4v) is 3.78. The molecule has 0 bridgehead atoms. The van der Waals surface area contributed by atoms with E-state index >= 15 is 0 Å². The van der Waals surface area contributed by atoms with Crippen molar-refractivity contribution in [3.05, 3.63) is 0 Å². The molecular formula is C14H24N2O. The molecule has 2 atom stereocenters. The number of nitrogens with zero attached hydrogens (tertiary/aromatic N) is 2. The van der Waals surface area contributed by atoms with Crippen molar-refractivity contribution in [1.82, 2.24) is 9.80 Å². The van der Waals surface area contributed by atoms with Crippen LogP contribution in [0.3, 0.4) is 0 Å². The Hall–Kier alpha value is -0.570. The lowest BCUT2D eigenvalue weighted by Gasteiger charge is -2.37. The number of likely N-dealkylation sites (N-methyl/N-ethyl adjacent to an activating group) is 1. The minimum absolute atomic E-state index is 0.377. The monoisotopic (exact) mass is 236 g/mol. The molecule has 3 nitrogen and oxygen atoms in total. The van der Waals surface area contributed by atoms with Gasteiger partial charge in [0, 0.05) is 24.5 Å². The van der Waals surface area contributed by atoms with E-state index < -0.39 is 0 Å². The maximum absolute atomic E-state index is 12.4. The molecule has 0 N–H and O–H groups in total. The second-order valence-electron chi connectivity index (χ2n) is 6.06. The Labute approximate surface area is 104 Å². The van der Waals surface area contributed by atoms with Crippen LogP contribution in [0.15, 0.2) is 0 Å². The predicted octanol–water partition coefficient (Wildman–Crippen LogP) is 1.87. The van der Waals surface area contributed by atoms with Crippen LogP contribution < -0.4 is 0 Å². The zero-order valence-corrected chi connectivity index (χ0v) is 10.9. The first-order valence-corrected chi connectivity index (χ1v) is 7.28. The zero-order chi connectivity index (χ0) is 11.8. The van der Waals surface area contributed by atoms with Crippen molar-refractivity contribution >= 4 is 5.91 Å². The first-order valence-electron chi connectivity index (χ1n) is 7.28. The maximum atomic E-state index is 12.4. The summed E-state index contributed by atoms with van der Waals surface area (Å²) < 4.78 is 0. The molecule has 1 saturated carbocycles. The molecule has 96 valence electrons. The number of hydrogen-bond acceptors (Lipinski definition) is 2. The highest BCUT2D eigenvalue weighted by molar-refractivity contribution is 5.80. The lowest BCUT2D eigenvalue weighted by molar-refractivity contribution is -0.140. The van der Waals surface area contributed by atoms with Gasteiger partial charge < -0.3 is 9.80 Å². The van der Waals surface area contributed by atoms with Gasteiger partial charge in [0.05, 0.1) is 0 Å². The number of carbonyl (C=O) groups is 1. The van der Waals surface area contributed by atoms with Gasteiger partial charge in [-0.3, -0.25) is 4.79 Å². The third-order valence-electron chi connectivity index (χ3n) is 5.06. The Morgan fingerprint density at radius 1 is 0.941 bits per heavy atom. The van der Waals surface area contributed by atoms with Crippen LogP contribution in [-0.2, 0) is 4.79 Å². The summed E-state index contributed by atoms with van der Waals surface area (Å²) in [5.41, 5.74) is 0. The van der Waals surface area contributed by atoms with Crippen molar-refractivity contribution in [2.45, 2.75) is 57.0 Å². The van der Waals surface area contributed by atoms with Gasteiger partial charge in [0.25, 0.3) is 0 Å². The second kappa shape index (κ2) is 4.60. The van der Waals surface area contributed by atoms with Crippen LogP contribution in [0.2, 0.25) is 0 Å². The van der Waals surface area contributed by atoms with Gasteiger partial charge in [-0.05, 0) is 52.1 Å². The molecule has 3 aliphatic rings. The first kappa shape index (κ1) is 11.5. The third kappa shape index (κ3) is 1.99. The smallest absolute Gasteiger partial charge is 0.225 e. The minimum Gasteiger partial charge on any atom is -0.338 e. The van der Waals surface area contributed by atoms with Gasteiger partial charge >= 0.3 is 0 Å². The molecule has 0 unspecified atom stereocenters. The van der Waals surface area contributed by atoms with E-state index in [9.17, 15) is 4.79 Å². The third-order valence-corrected chi connectivity index (χ3v) is 5.06. The molecule has 3 heteroatoms. The fourth-order valence-electron chi connectivity index (χ4n) is 3.78. The Morgan fingerprint density at radius 3 is 2.24 bits per heavy atom. The molecule has 1 aliphatic carbocycles. The summed E-state index contributed by atoms with van der Waals surface area (Å²) in [7, 11) is 2.22. The molecule has 17 heavy (non-hydrogen) atoms. The van der Waals surface area contributed by atoms with E-state index in [1.54, 1.807) is 0 Å². The Kier molecular flexibility index (Phi) is 3.12. The summed E-state index contributed by atoms with van der Waals surface area (Å²) in [4.78, 5) is 17.1. The molecule has 3 rings (SSSR count). The average molecular weight is 236 g/mol. The lowest BCUT2D eigenvalue weighted by atomic mass is 9.84. The summed E-state index contributed by atoms with van der Waals surface area (Å²) >= 11 is 0. The highest BCUT2D eigenvalue weighted by atomic mass is 16.2. The Bertz CT molecular complexity index is 301. The maximum Gasteiger partial charge on any atom is 0.225 e. The lowest BCUT2D eigenvalue weighted by Crippen LogP contribution is -2.49. The largest absolute Gasteiger partial charge is 0.338 e. The molecule has 3 fully saturated rings. The number of rotatable bonds is 2. The quantitative estimate of drug-likeness (QED) is 0.731. The van der Waals surface area contributed by atoms with Gasteiger partial charge in [-0.15, -0.1) is 0 Å². The van der Waals surface area contributed by atoms with Crippen molar-refractivity contribution < 1.29 is 4.79 Å². The highest BCUT2D eigenvalue weighted by Crippen LogP contribution is 2.34. The topological polar surface area (TPSA) is 23.6 Å². The Morgan fingerprint density at radius 2 is 1.65 bits per heavy atom. The SMILES string of the molecule is CN1CCC[C@H]1[C@H]1CCCN1C(=O)C1CCC1. The minimum atomic E-state index is 0.377. The molecule has 2 saturated heterocycles. The number of amides is 1. The van der Waals surface area contributed by atoms with Gasteiger partial charge in [0.2, 0.25) is 5.91 Å². The molecule has 0 aromatic carbocycles. The summed E-state index contributed by atoms with van der Waals surface area (Å²) in [6.45, 7) is 2.23. The average Bonchev–Trinajstić information content (AvgIpc) is 2.82. The van der Waals surface area contributed by atoms with Crippen molar-refractivity contribution in [2.24, 2.45) is 5.92 Å². The van der Waals surface area contributed by atoms with Crippen LogP contribution in [0.1, 0.15) is 44.9 Å². The summed E-state index contributed by atoms with van der Waals surface area (Å²) in [6.07, 6.45) is 8.59. The van der Waals surface area contributed by atoms with Crippen LogP contribution in [0.4, 0.5) is 0 Å². The number of likely N-dealkylation sites (tertiary alicyclic amines) is 2. The van der Waals surface area contributed by atoms with Gasteiger partial charge in [-0.25, -0.2) is 0 Å². The number of carbonyl (C=O) groups excluding carboxylic acids is 1. The van der Waals surface area contributed by atoms with Crippen molar-refractivity contribution in [2.75, 3.05) is 20.1 Å². The van der Waals surface area contributed by atoms with Crippen molar-refractivity contribution in [1.29, 1.82) is 0 Å². The Balaban J connectivity index is 1.68.